The van der Waals surface area contributed by atoms with Gasteiger partial charge in [0.25, 0.3) is 0 Å². The summed E-state index contributed by atoms with van der Waals surface area (Å²) in [5, 5.41) is 10.5. The van der Waals surface area contributed by atoms with E-state index >= 15 is 0 Å². The lowest BCUT2D eigenvalue weighted by Gasteiger charge is -2.41. The number of phenols is 1. The topological polar surface area (TPSA) is 46.2 Å². The first-order chi connectivity index (χ1) is 7.76. The van der Waals surface area contributed by atoms with Gasteiger partial charge in [0.15, 0.2) is 0 Å². The van der Waals surface area contributed by atoms with Crippen LogP contribution in [0.3, 0.4) is 0 Å². The van der Waals surface area contributed by atoms with Gasteiger partial charge in [-0.05, 0) is 42.7 Å². The molecular weight excluding hydrogens is 210 g/mol. The molecule has 0 radical (unpaired) electrons. The molecule has 2 heteroatoms. The first-order valence-corrected chi connectivity index (χ1v) is 6.38. The van der Waals surface area contributed by atoms with Gasteiger partial charge in [-0.2, -0.15) is 0 Å². The molecule has 0 amide bonds. The largest absolute Gasteiger partial charge is 0.507 e. The van der Waals surface area contributed by atoms with Crippen LogP contribution in [-0.2, 0) is 11.0 Å². The normalized spacial score (nSPS) is 18.9. The maximum atomic E-state index is 10.5. The highest BCUT2D eigenvalue weighted by Gasteiger charge is 2.39. The van der Waals surface area contributed by atoms with Crippen molar-refractivity contribution in [1.82, 2.24) is 0 Å². The monoisotopic (exact) mass is 233 g/mol. The van der Waals surface area contributed by atoms with E-state index in [1.807, 2.05) is 13.0 Å². The highest BCUT2D eigenvalue weighted by Crippen LogP contribution is 2.46. The summed E-state index contributed by atoms with van der Waals surface area (Å²) < 4.78 is 0. The van der Waals surface area contributed by atoms with Crippen molar-refractivity contribution in [2.75, 3.05) is 0 Å². The van der Waals surface area contributed by atoms with Gasteiger partial charge in [0.1, 0.15) is 5.75 Å². The Morgan fingerprint density at radius 2 is 1.82 bits per heavy atom. The van der Waals surface area contributed by atoms with E-state index in [1.54, 1.807) is 0 Å². The zero-order valence-electron chi connectivity index (χ0n) is 11.3. The number of aryl methyl sites for hydroxylation is 1. The molecule has 0 aromatic heterocycles. The first kappa shape index (κ1) is 12.4. The summed E-state index contributed by atoms with van der Waals surface area (Å²) in [7, 11) is 0. The predicted molar refractivity (Wildman–Crippen MR) is 71.3 cm³/mol. The number of rotatable bonds is 1. The van der Waals surface area contributed by atoms with Gasteiger partial charge in [0.2, 0.25) is 0 Å². The van der Waals surface area contributed by atoms with Crippen LogP contribution >= 0.6 is 0 Å². The molecule has 0 aliphatic heterocycles. The Kier molecular flexibility index (Phi) is 2.74. The van der Waals surface area contributed by atoms with E-state index in [-0.39, 0.29) is 11.0 Å². The van der Waals surface area contributed by atoms with Crippen molar-refractivity contribution in [2.24, 2.45) is 5.73 Å². The van der Waals surface area contributed by atoms with Crippen LogP contribution in [0.4, 0.5) is 0 Å². The summed E-state index contributed by atoms with van der Waals surface area (Å²) in [5.41, 5.74) is 9.11. The summed E-state index contributed by atoms with van der Waals surface area (Å²) in [6.07, 6.45) is 3.12. The molecule has 1 aliphatic carbocycles. The number of aromatic hydroxyl groups is 1. The maximum absolute atomic E-state index is 10.5. The summed E-state index contributed by atoms with van der Waals surface area (Å²) in [5.74, 6) is 0.416. The molecule has 1 aromatic carbocycles. The summed E-state index contributed by atoms with van der Waals surface area (Å²) in [6.45, 7) is 8.38. The Balaban J connectivity index is 2.59. The number of hydrogen-bond acceptors (Lipinski definition) is 2. The van der Waals surface area contributed by atoms with Crippen LogP contribution in [0.1, 0.15) is 56.7 Å². The number of benzene rings is 1. The van der Waals surface area contributed by atoms with Crippen molar-refractivity contribution in [2.45, 2.75) is 57.9 Å². The van der Waals surface area contributed by atoms with E-state index in [0.717, 1.165) is 36.0 Å². The van der Waals surface area contributed by atoms with Crippen molar-refractivity contribution in [3.8, 4) is 5.75 Å². The molecule has 2 rings (SSSR count). The molecular formula is C15H23NO. The number of nitrogens with two attached hydrogens (primary N) is 1. The Labute approximate surface area is 104 Å². The third-order valence-electron chi connectivity index (χ3n) is 3.94. The van der Waals surface area contributed by atoms with E-state index in [2.05, 4.69) is 26.8 Å². The lowest BCUT2D eigenvalue weighted by molar-refractivity contribution is 0.243. The second-order valence-corrected chi connectivity index (χ2v) is 6.41. The van der Waals surface area contributed by atoms with Crippen LogP contribution in [-0.4, -0.2) is 5.11 Å². The molecule has 94 valence electrons. The van der Waals surface area contributed by atoms with E-state index in [1.165, 1.54) is 0 Å². The highest BCUT2D eigenvalue weighted by atomic mass is 16.3. The van der Waals surface area contributed by atoms with Crippen molar-refractivity contribution in [3.05, 3.63) is 28.8 Å². The predicted octanol–water partition coefficient (Wildman–Crippen LogP) is 3.34. The molecule has 3 N–H and O–H groups in total. The van der Waals surface area contributed by atoms with Crippen LogP contribution in [0.5, 0.6) is 5.75 Å². The zero-order chi connectivity index (χ0) is 12.8. The summed E-state index contributed by atoms with van der Waals surface area (Å²) >= 11 is 0. The Bertz CT molecular complexity index is 439. The van der Waals surface area contributed by atoms with Gasteiger partial charge < -0.3 is 10.8 Å². The molecule has 0 unspecified atom stereocenters. The van der Waals surface area contributed by atoms with Gasteiger partial charge in [-0.15, -0.1) is 0 Å². The van der Waals surface area contributed by atoms with Crippen LogP contribution in [0.15, 0.2) is 12.1 Å². The molecule has 1 aromatic rings. The van der Waals surface area contributed by atoms with Crippen LogP contribution in [0, 0.1) is 6.92 Å². The lowest BCUT2D eigenvalue weighted by Crippen LogP contribution is -2.44. The van der Waals surface area contributed by atoms with Gasteiger partial charge in [-0.3, -0.25) is 0 Å². The van der Waals surface area contributed by atoms with E-state index < -0.39 is 0 Å². The standard InChI is InChI=1S/C15H23NO/c1-10-6-7-11(14(2,3)4)13(17)12(10)15(16)8-5-9-15/h6-7,17H,5,8-9,16H2,1-4H3. The molecule has 0 spiro atoms. The molecule has 0 heterocycles. The Morgan fingerprint density at radius 3 is 2.24 bits per heavy atom. The summed E-state index contributed by atoms with van der Waals surface area (Å²) in [4.78, 5) is 0. The van der Waals surface area contributed by atoms with Crippen molar-refractivity contribution >= 4 is 0 Å². The van der Waals surface area contributed by atoms with Crippen molar-refractivity contribution in [1.29, 1.82) is 0 Å². The lowest BCUT2D eigenvalue weighted by atomic mass is 9.69. The second kappa shape index (κ2) is 3.74. The van der Waals surface area contributed by atoms with E-state index in [0.29, 0.717) is 5.75 Å². The molecule has 0 atom stereocenters. The van der Waals surface area contributed by atoms with Gasteiger partial charge in [-0.25, -0.2) is 0 Å². The van der Waals surface area contributed by atoms with Gasteiger partial charge in [0, 0.05) is 11.1 Å². The fraction of sp³-hybridized carbons (Fsp3) is 0.600. The van der Waals surface area contributed by atoms with Crippen molar-refractivity contribution < 1.29 is 5.11 Å². The van der Waals surface area contributed by atoms with Gasteiger partial charge >= 0.3 is 0 Å². The average molecular weight is 233 g/mol. The maximum Gasteiger partial charge on any atom is 0.124 e. The minimum absolute atomic E-state index is 0.0490. The molecule has 1 saturated carbocycles. The van der Waals surface area contributed by atoms with Crippen LogP contribution in [0.2, 0.25) is 0 Å². The molecule has 2 nitrogen and oxygen atoms in total. The second-order valence-electron chi connectivity index (χ2n) is 6.41. The number of hydrogen-bond donors (Lipinski definition) is 2. The first-order valence-electron chi connectivity index (χ1n) is 6.38. The zero-order valence-corrected chi connectivity index (χ0v) is 11.3. The SMILES string of the molecule is Cc1ccc(C(C)(C)C)c(O)c1C1(N)CCC1. The quantitative estimate of drug-likeness (QED) is 0.781. The van der Waals surface area contributed by atoms with E-state index in [9.17, 15) is 5.11 Å². The van der Waals surface area contributed by atoms with Gasteiger partial charge in [0.05, 0.1) is 0 Å². The highest BCUT2D eigenvalue weighted by molar-refractivity contribution is 5.52. The molecule has 0 saturated heterocycles. The van der Waals surface area contributed by atoms with Crippen LogP contribution < -0.4 is 5.73 Å². The Morgan fingerprint density at radius 1 is 1.24 bits per heavy atom. The third kappa shape index (κ3) is 1.95. The molecule has 1 aliphatic rings. The fourth-order valence-electron chi connectivity index (χ4n) is 2.73. The van der Waals surface area contributed by atoms with Crippen LogP contribution in [0.25, 0.3) is 0 Å². The van der Waals surface area contributed by atoms with Crippen molar-refractivity contribution in [3.63, 3.8) is 0 Å². The molecule has 17 heavy (non-hydrogen) atoms. The number of phenolic OH excluding ortho intramolecular Hbond substituents is 1. The van der Waals surface area contributed by atoms with Gasteiger partial charge in [-0.1, -0.05) is 32.9 Å². The molecule has 0 bridgehead atoms. The molecule has 1 fully saturated rings. The summed E-state index contributed by atoms with van der Waals surface area (Å²) in [6, 6.07) is 4.11. The minimum atomic E-state index is -0.296. The van der Waals surface area contributed by atoms with E-state index in [4.69, 9.17) is 5.73 Å². The fourth-order valence-corrected chi connectivity index (χ4v) is 2.73. The smallest absolute Gasteiger partial charge is 0.124 e. The average Bonchev–Trinajstić information content (AvgIpc) is 2.12. The minimum Gasteiger partial charge on any atom is -0.507 e. The Hall–Kier alpha value is -1.02. The third-order valence-corrected chi connectivity index (χ3v) is 3.94.